The van der Waals surface area contributed by atoms with E-state index in [9.17, 15) is 9.59 Å². The van der Waals surface area contributed by atoms with Crippen LogP contribution >= 0.6 is 15.9 Å². The van der Waals surface area contributed by atoms with E-state index in [1.807, 2.05) is 44.2 Å². The third-order valence-electron chi connectivity index (χ3n) is 3.73. The molecule has 2 aromatic carbocycles. The molecule has 6 heteroatoms. The van der Waals surface area contributed by atoms with Gasteiger partial charge in [-0.25, -0.2) is 4.79 Å². The predicted octanol–water partition coefficient (Wildman–Crippen LogP) is 4.27. The summed E-state index contributed by atoms with van der Waals surface area (Å²) in [5, 5.41) is 2.70. The summed E-state index contributed by atoms with van der Waals surface area (Å²) in [7, 11) is 1.55. The predicted molar refractivity (Wildman–Crippen MR) is 105 cm³/mol. The van der Waals surface area contributed by atoms with Crippen LogP contribution in [0.5, 0.6) is 5.75 Å². The van der Waals surface area contributed by atoms with E-state index < -0.39 is 11.9 Å². The van der Waals surface area contributed by atoms with Gasteiger partial charge in [0.2, 0.25) is 0 Å². The summed E-state index contributed by atoms with van der Waals surface area (Å²) in [5.74, 6) is -0.373. The first kappa shape index (κ1) is 19.7. The molecule has 0 saturated carbocycles. The molecule has 0 spiro atoms. The molecule has 0 aliphatic heterocycles. The number of methoxy groups -OCH3 is 1. The molecule has 0 aliphatic carbocycles. The van der Waals surface area contributed by atoms with Crippen molar-refractivity contribution in [3.8, 4) is 5.75 Å². The number of carbonyl (C=O) groups excluding carboxylic acids is 2. The lowest BCUT2D eigenvalue weighted by Gasteiger charge is -2.08. The molecular formula is C20H20BrNO4. The van der Waals surface area contributed by atoms with Crippen molar-refractivity contribution in [3.63, 3.8) is 0 Å². The monoisotopic (exact) mass is 417 g/mol. The first-order valence-electron chi connectivity index (χ1n) is 7.94. The molecule has 0 fully saturated rings. The molecule has 2 rings (SSSR count). The van der Waals surface area contributed by atoms with Gasteiger partial charge < -0.3 is 14.8 Å². The standard InChI is InChI=1S/C20H20BrNO4/c1-13-4-7-17(10-14(13)2)22-19(23)12-26-20(24)9-5-15-11-16(21)6-8-18(15)25-3/h4-11H,12H2,1-3H3,(H,22,23)/b9-5+. The van der Waals surface area contributed by atoms with Crippen molar-refractivity contribution in [2.45, 2.75) is 13.8 Å². The Labute approximate surface area is 161 Å². The second-order valence-corrected chi connectivity index (χ2v) is 6.59. The van der Waals surface area contributed by atoms with Gasteiger partial charge in [-0.15, -0.1) is 0 Å². The van der Waals surface area contributed by atoms with Gasteiger partial charge in [0, 0.05) is 21.8 Å². The Morgan fingerprint density at radius 3 is 2.58 bits per heavy atom. The van der Waals surface area contributed by atoms with Gasteiger partial charge in [0.15, 0.2) is 6.61 Å². The van der Waals surface area contributed by atoms with Crippen LogP contribution in [-0.4, -0.2) is 25.6 Å². The van der Waals surface area contributed by atoms with Crippen LogP contribution in [0.25, 0.3) is 6.08 Å². The highest BCUT2D eigenvalue weighted by atomic mass is 79.9. The highest BCUT2D eigenvalue weighted by molar-refractivity contribution is 9.10. The molecule has 0 radical (unpaired) electrons. The Kier molecular flexibility index (Phi) is 6.97. The second-order valence-electron chi connectivity index (χ2n) is 5.67. The van der Waals surface area contributed by atoms with Crippen LogP contribution in [0.3, 0.4) is 0 Å². The minimum atomic E-state index is -0.609. The molecule has 26 heavy (non-hydrogen) atoms. The second kappa shape index (κ2) is 9.20. The van der Waals surface area contributed by atoms with Gasteiger partial charge in [0.25, 0.3) is 5.91 Å². The van der Waals surface area contributed by atoms with Crippen molar-refractivity contribution in [1.82, 2.24) is 0 Å². The molecule has 136 valence electrons. The summed E-state index contributed by atoms with van der Waals surface area (Å²) in [4.78, 5) is 23.7. The number of esters is 1. The Morgan fingerprint density at radius 2 is 1.88 bits per heavy atom. The normalized spacial score (nSPS) is 10.6. The van der Waals surface area contributed by atoms with Crippen LogP contribution in [0.2, 0.25) is 0 Å². The van der Waals surface area contributed by atoms with Crippen molar-refractivity contribution in [1.29, 1.82) is 0 Å². The highest BCUT2D eigenvalue weighted by Crippen LogP contribution is 2.24. The van der Waals surface area contributed by atoms with E-state index in [2.05, 4.69) is 21.2 Å². The van der Waals surface area contributed by atoms with Crippen LogP contribution < -0.4 is 10.1 Å². The fraction of sp³-hybridized carbons (Fsp3) is 0.200. The Morgan fingerprint density at radius 1 is 1.12 bits per heavy atom. The molecule has 0 heterocycles. The summed E-state index contributed by atoms with van der Waals surface area (Å²) >= 11 is 3.36. The lowest BCUT2D eigenvalue weighted by molar-refractivity contribution is -0.142. The number of ether oxygens (including phenoxy) is 2. The average Bonchev–Trinajstić information content (AvgIpc) is 2.61. The Balaban J connectivity index is 1.89. The lowest BCUT2D eigenvalue weighted by atomic mass is 10.1. The number of hydrogen-bond donors (Lipinski definition) is 1. The fourth-order valence-corrected chi connectivity index (χ4v) is 2.57. The van der Waals surface area contributed by atoms with Gasteiger partial charge in [-0.2, -0.15) is 0 Å². The number of benzene rings is 2. The zero-order valence-corrected chi connectivity index (χ0v) is 16.4. The maximum Gasteiger partial charge on any atom is 0.331 e. The van der Waals surface area contributed by atoms with Gasteiger partial charge in [-0.3, -0.25) is 4.79 Å². The van der Waals surface area contributed by atoms with Gasteiger partial charge in [0.1, 0.15) is 5.75 Å². The highest BCUT2D eigenvalue weighted by Gasteiger charge is 2.07. The van der Waals surface area contributed by atoms with E-state index in [4.69, 9.17) is 9.47 Å². The van der Waals surface area contributed by atoms with Gasteiger partial charge in [-0.05, 0) is 61.4 Å². The number of aryl methyl sites for hydroxylation is 2. The van der Waals surface area contributed by atoms with Crippen molar-refractivity contribution >= 4 is 39.6 Å². The van der Waals surface area contributed by atoms with Crippen LogP contribution in [0.4, 0.5) is 5.69 Å². The number of halogens is 1. The lowest BCUT2D eigenvalue weighted by Crippen LogP contribution is -2.20. The van der Waals surface area contributed by atoms with Gasteiger partial charge >= 0.3 is 5.97 Å². The molecule has 0 atom stereocenters. The topological polar surface area (TPSA) is 64.6 Å². The zero-order chi connectivity index (χ0) is 19.1. The largest absolute Gasteiger partial charge is 0.496 e. The molecule has 0 aromatic heterocycles. The number of amides is 1. The van der Waals surface area contributed by atoms with Crippen molar-refractivity contribution < 1.29 is 19.1 Å². The number of rotatable bonds is 6. The minimum Gasteiger partial charge on any atom is -0.496 e. The molecule has 0 aliphatic rings. The summed E-state index contributed by atoms with van der Waals surface area (Å²) in [6.07, 6.45) is 2.83. The van der Waals surface area contributed by atoms with Crippen molar-refractivity contribution in [2.75, 3.05) is 19.0 Å². The minimum absolute atomic E-state index is 0.355. The van der Waals surface area contributed by atoms with Crippen molar-refractivity contribution in [2.24, 2.45) is 0 Å². The average molecular weight is 418 g/mol. The third-order valence-corrected chi connectivity index (χ3v) is 4.22. The number of carbonyl (C=O) groups is 2. The number of nitrogens with one attached hydrogen (secondary N) is 1. The van der Waals surface area contributed by atoms with Crippen LogP contribution in [0, 0.1) is 13.8 Å². The first-order chi connectivity index (χ1) is 12.4. The van der Waals surface area contributed by atoms with E-state index in [0.29, 0.717) is 11.4 Å². The van der Waals surface area contributed by atoms with Crippen LogP contribution in [0.1, 0.15) is 16.7 Å². The Hall–Kier alpha value is -2.60. The maximum absolute atomic E-state index is 11.9. The zero-order valence-electron chi connectivity index (χ0n) is 14.8. The van der Waals surface area contributed by atoms with Gasteiger partial charge in [-0.1, -0.05) is 22.0 Å². The molecule has 0 unspecified atom stereocenters. The fourth-order valence-electron chi connectivity index (χ4n) is 2.19. The molecule has 5 nitrogen and oxygen atoms in total. The summed E-state index contributed by atoms with van der Waals surface area (Å²) < 4.78 is 11.1. The third kappa shape index (κ3) is 5.74. The molecule has 0 saturated heterocycles. The number of anilines is 1. The quantitative estimate of drug-likeness (QED) is 0.562. The molecular weight excluding hydrogens is 398 g/mol. The van der Waals surface area contributed by atoms with E-state index in [-0.39, 0.29) is 6.61 Å². The molecule has 1 N–H and O–H groups in total. The summed E-state index contributed by atoms with van der Waals surface area (Å²) in [6.45, 7) is 3.60. The maximum atomic E-state index is 11.9. The van der Waals surface area contributed by atoms with E-state index >= 15 is 0 Å². The summed E-state index contributed by atoms with van der Waals surface area (Å²) in [6, 6.07) is 11.0. The molecule has 2 aromatic rings. The van der Waals surface area contributed by atoms with E-state index in [1.165, 1.54) is 6.08 Å². The SMILES string of the molecule is COc1ccc(Br)cc1/C=C/C(=O)OCC(=O)Nc1ccc(C)c(C)c1. The smallest absolute Gasteiger partial charge is 0.331 e. The Bertz CT molecular complexity index is 846. The van der Waals surface area contributed by atoms with Crippen LogP contribution in [0.15, 0.2) is 46.9 Å². The van der Waals surface area contributed by atoms with E-state index in [1.54, 1.807) is 19.3 Å². The molecule has 0 bridgehead atoms. The number of hydrogen-bond acceptors (Lipinski definition) is 4. The van der Waals surface area contributed by atoms with Gasteiger partial charge in [0.05, 0.1) is 7.11 Å². The van der Waals surface area contributed by atoms with Crippen molar-refractivity contribution in [3.05, 3.63) is 63.6 Å². The van der Waals surface area contributed by atoms with Crippen LogP contribution in [-0.2, 0) is 14.3 Å². The molecule has 1 amide bonds. The summed E-state index contributed by atoms with van der Waals surface area (Å²) in [5.41, 5.74) is 3.61. The van der Waals surface area contributed by atoms with E-state index in [0.717, 1.165) is 21.2 Å². The first-order valence-corrected chi connectivity index (χ1v) is 8.74.